The van der Waals surface area contributed by atoms with Crippen LogP contribution in [0.15, 0.2) is 83.3 Å². The number of aryl methyl sites for hydroxylation is 1. The lowest BCUT2D eigenvalue weighted by molar-refractivity contribution is -0.123. The first kappa shape index (κ1) is 20.3. The van der Waals surface area contributed by atoms with Crippen LogP contribution in [0.25, 0.3) is 11.5 Å². The van der Waals surface area contributed by atoms with Crippen molar-refractivity contribution < 1.29 is 13.9 Å². The predicted molar refractivity (Wildman–Crippen MR) is 118 cm³/mol. The van der Waals surface area contributed by atoms with Crippen molar-refractivity contribution in [1.29, 1.82) is 0 Å². The number of benzene rings is 3. The number of hydrogen-bond acceptors (Lipinski definition) is 5. The van der Waals surface area contributed by atoms with Gasteiger partial charge in [0.15, 0.2) is 6.61 Å². The minimum absolute atomic E-state index is 0.118. The van der Waals surface area contributed by atoms with Gasteiger partial charge < -0.3 is 14.5 Å². The lowest BCUT2D eigenvalue weighted by Crippen LogP contribution is -2.33. The Morgan fingerprint density at radius 1 is 0.935 bits per heavy atom. The van der Waals surface area contributed by atoms with Crippen molar-refractivity contribution in [2.24, 2.45) is 0 Å². The second kappa shape index (κ2) is 9.26. The monoisotopic (exact) mass is 413 g/mol. The summed E-state index contributed by atoms with van der Waals surface area (Å²) >= 11 is 0. The Balaban J connectivity index is 1.53. The fourth-order valence-electron chi connectivity index (χ4n) is 3.21. The van der Waals surface area contributed by atoms with Gasteiger partial charge in [-0.25, -0.2) is 0 Å². The maximum Gasteiger partial charge on any atom is 0.258 e. The van der Waals surface area contributed by atoms with Gasteiger partial charge in [-0.05, 0) is 48.7 Å². The van der Waals surface area contributed by atoms with Crippen molar-refractivity contribution >= 4 is 5.91 Å². The Bertz CT molecular complexity index is 1160. The Kier molecular flexibility index (Phi) is 6.08. The highest BCUT2D eigenvalue weighted by Gasteiger charge is 2.23. The highest BCUT2D eigenvalue weighted by atomic mass is 16.5. The summed E-state index contributed by atoms with van der Waals surface area (Å²) in [5.41, 5.74) is 3.78. The highest BCUT2D eigenvalue weighted by Crippen LogP contribution is 2.25. The zero-order valence-corrected chi connectivity index (χ0v) is 17.4. The van der Waals surface area contributed by atoms with Gasteiger partial charge in [0.1, 0.15) is 11.8 Å². The molecule has 0 unspecified atom stereocenters. The SMILES string of the molecule is Cc1cccc(OCC(=O)N[C@H](c2ccccc2)c2nnc(-c3ccccc3)o2)c1C. The van der Waals surface area contributed by atoms with Gasteiger partial charge in [0.2, 0.25) is 11.8 Å². The van der Waals surface area contributed by atoms with E-state index < -0.39 is 6.04 Å². The number of carbonyl (C=O) groups excluding carboxylic acids is 1. The van der Waals surface area contributed by atoms with Crippen molar-refractivity contribution in [3.05, 3.63) is 101 Å². The fourth-order valence-corrected chi connectivity index (χ4v) is 3.21. The van der Waals surface area contributed by atoms with Crippen LogP contribution < -0.4 is 10.1 Å². The molecule has 0 saturated heterocycles. The second-order valence-electron chi connectivity index (χ2n) is 7.21. The summed E-state index contributed by atoms with van der Waals surface area (Å²) in [7, 11) is 0. The molecule has 0 radical (unpaired) electrons. The molecule has 4 rings (SSSR count). The third kappa shape index (κ3) is 4.80. The minimum Gasteiger partial charge on any atom is -0.483 e. The molecule has 0 fully saturated rings. The van der Waals surface area contributed by atoms with Crippen molar-refractivity contribution in [2.75, 3.05) is 6.61 Å². The van der Waals surface area contributed by atoms with Gasteiger partial charge in [0.05, 0.1) is 0 Å². The Morgan fingerprint density at radius 3 is 2.39 bits per heavy atom. The molecule has 6 nitrogen and oxygen atoms in total. The van der Waals surface area contributed by atoms with Crippen LogP contribution in [0.1, 0.15) is 28.6 Å². The quantitative estimate of drug-likeness (QED) is 0.478. The standard InChI is InChI=1S/C25H23N3O3/c1-17-10-9-15-21(18(17)2)30-16-22(29)26-23(19-11-5-3-6-12-19)25-28-27-24(31-25)20-13-7-4-8-14-20/h3-15,23H,16H2,1-2H3,(H,26,29)/t23-/m1/s1. The number of rotatable bonds is 7. The molecule has 3 aromatic carbocycles. The number of nitrogens with one attached hydrogen (secondary N) is 1. The Hall–Kier alpha value is -3.93. The Morgan fingerprint density at radius 2 is 1.65 bits per heavy atom. The average Bonchev–Trinajstić information content (AvgIpc) is 3.30. The van der Waals surface area contributed by atoms with Crippen LogP contribution in [0.3, 0.4) is 0 Å². The van der Waals surface area contributed by atoms with Crippen LogP contribution >= 0.6 is 0 Å². The number of nitrogens with zero attached hydrogens (tertiary/aromatic N) is 2. The molecule has 0 spiro atoms. The smallest absolute Gasteiger partial charge is 0.258 e. The summed E-state index contributed by atoms with van der Waals surface area (Å²) < 4.78 is 11.7. The molecule has 1 atom stereocenters. The van der Waals surface area contributed by atoms with Gasteiger partial charge in [0.25, 0.3) is 5.91 Å². The first-order valence-electron chi connectivity index (χ1n) is 10.0. The first-order valence-corrected chi connectivity index (χ1v) is 10.0. The molecule has 0 aliphatic rings. The third-order valence-electron chi connectivity index (χ3n) is 5.06. The molecule has 0 aliphatic carbocycles. The van der Waals surface area contributed by atoms with Crippen LogP contribution in [0.5, 0.6) is 5.75 Å². The van der Waals surface area contributed by atoms with Crippen LogP contribution in [0, 0.1) is 13.8 Å². The van der Waals surface area contributed by atoms with Crippen molar-refractivity contribution in [1.82, 2.24) is 15.5 Å². The second-order valence-corrected chi connectivity index (χ2v) is 7.21. The molecule has 1 amide bonds. The van der Waals surface area contributed by atoms with Crippen LogP contribution in [0.2, 0.25) is 0 Å². The van der Waals surface area contributed by atoms with E-state index in [0.717, 1.165) is 22.3 Å². The number of carbonyl (C=O) groups is 1. The number of hydrogen-bond donors (Lipinski definition) is 1. The minimum atomic E-state index is -0.583. The summed E-state index contributed by atoms with van der Waals surface area (Å²) in [6.45, 7) is 3.86. The zero-order valence-electron chi connectivity index (χ0n) is 17.4. The van der Waals surface area contributed by atoms with Crippen LogP contribution in [0.4, 0.5) is 0 Å². The molecule has 1 aromatic heterocycles. The van der Waals surface area contributed by atoms with Gasteiger partial charge in [-0.1, -0.05) is 60.7 Å². The Labute approximate surface area is 180 Å². The summed E-state index contributed by atoms with van der Waals surface area (Å²) in [5.74, 6) is 1.12. The number of aromatic nitrogens is 2. The molecule has 1 N–H and O–H groups in total. The van der Waals surface area contributed by atoms with E-state index in [1.54, 1.807) is 0 Å². The maximum absolute atomic E-state index is 12.7. The van der Waals surface area contributed by atoms with Crippen LogP contribution in [-0.4, -0.2) is 22.7 Å². The summed E-state index contributed by atoms with van der Waals surface area (Å²) in [6, 6.07) is 24.2. The van der Waals surface area contributed by atoms with E-state index in [1.807, 2.05) is 92.7 Å². The average molecular weight is 413 g/mol. The van der Waals surface area contributed by atoms with Gasteiger partial charge in [-0.2, -0.15) is 0 Å². The molecular formula is C25H23N3O3. The molecule has 0 aliphatic heterocycles. The van der Waals surface area contributed by atoms with Gasteiger partial charge >= 0.3 is 0 Å². The first-order chi connectivity index (χ1) is 15.1. The molecule has 156 valence electrons. The lowest BCUT2D eigenvalue weighted by Gasteiger charge is -2.16. The number of amides is 1. The molecule has 4 aromatic rings. The van der Waals surface area contributed by atoms with Crippen molar-refractivity contribution in [3.8, 4) is 17.2 Å². The topological polar surface area (TPSA) is 77.2 Å². The third-order valence-corrected chi connectivity index (χ3v) is 5.06. The zero-order chi connectivity index (χ0) is 21.6. The summed E-state index contributed by atoms with van der Waals surface area (Å²) in [6.07, 6.45) is 0. The van der Waals surface area contributed by atoms with E-state index in [-0.39, 0.29) is 12.5 Å². The molecular weight excluding hydrogens is 390 g/mol. The highest BCUT2D eigenvalue weighted by molar-refractivity contribution is 5.78. The van der Waals surface area contributed by atoms with E-state index >= 15 is 0 Å². The van der Waals surface area contributed by atoms with Crippen LogP contribution in [-0.2, 0) is 4.79 Å². The fraction of sp³-hybridized carbons (Fsp3) is 0.160. The summed E-state index contributed by atoms with van der Waals surface area (Å²) in [4.78, 5) is 12.7. The van der Waals surface area contributed by atoms with E-state index in [1.165, 1.54) is 0 Å². The number of ether oxygens (including phenoxy) is 1. The molecule has 0 saturated carbocycles. The van der Waals surface area contributed by atoms with Gasteiger partial charge in [0, 0.05) is 5.56 Å². The predicted octanol–water partition coefficient (Wildman–Crippen LogP) is 4.64. The van der Waals surface area contributed by atoms with Crippen molar-refractivity contribution in [2.45, 2.75) is 19.9 Å². The van der Waals surface area contributed by atoms with Gasteiger partial charge in [-0.3, -0.25) is 4.79 Å². The van der Waals surface area contributed by atoms with E-state index in [4.69, 9.17) is 9.15 Å². The van der Waals surface area contributed by atoms with Gasteiger partial charge in [-0.15, -0.1) is 10.2 Å². The molecule has 31 heavy (non-hydrogen) atoms. The van der Waals surface area contributed by atoms with E-state index in [0.29, 0.717) is 17.5 Å². The molecule has 6 heteroatoms. The molecule has 0 bridgehead atoms. The largest absolute Gasteiger partial charge is 0.483 e. The summed E-state index contributed by atoms with van der Waals surface area (Å²) in [5, 5.41) is 11.3. The van der Waals surface area contributed by atoms with Crippen molar-refractivity contribution in [3.63, 3.8) is 0 Å². The molecule has 1 heterocycles. The maximum atomic E-state index is 12.7. The van der Waals surface area contributed by atoms with E-state index in [2.05, 4.69) is 15.5 Å². The normalized spacial score (nSPS) is 11.7. The van der Waals surface area contributed by atoms with E-state index in [9.17, 15) is 4.79 Å². The lowest BCUT2D eigenvalue weighted by atomic mass is 10.1.